The molecule has 26 heavy (non-hydrogen) atoms. The van der Waals surface area contributed by atoms with Crippen LogP contribution in [0.5, 0.6) is 0 Å². The lowest BCUT2D eigenvalue weighted by Crippen LogP contribution is -2.36. The van der Waals surface area contributed by atoms with Gasteiger partial charge in [0.1, 0.15) is 0 Å². The summed E-state index contributed by atoms with van der Waals surface area (Å²) in [5.74, 6) is -0.891. The van der Waals surface area contributed by atoms with Gasteiger partial charge in [-0.3, -0.25) is 14.8 Å². The fourth-order valence-corrected chi connectivity index (χ4v) is 2.49. The van der Waals surface area contributed by atoms with Gasteiger partial charge in [0.15, 0.2) is 6.10 Å². The molecule has 0 aliphatic heterocycles. The Morgan fingerprint density at radius 1 is 1.04 bits per heavy atom. The van der Waals surface area contributed by atoms with E-state index in [0.29, 0.717) is 23.1 Å². The first-order valence-corrected chi connectivity index (χ1v) is 8.37. The average molecular weight is 349 g/mol. The van der Waals surface area contributed by atoms with Crippen LogP contribution in [0.2, 0.25) is 0 Å². The Balaban J connectivity index is 1.53. The summed E-state index contributed by atoms with van der Waals surface area (Å²) in [5, 5.41) is 2.78. The second-order valence-electron chi connectivity index (χ2n) is 5.83. The first-order valence-electron chi connectivity index (χ1n) is 8.37. The molecule has 6 heteroatoms. The van der Waals surface area contributed by atoms with E-state index in [1.165, 1.54) is 0 Å². The zero-order valence-corrected chi connectivity index (χ0v) is 14.4. The monoisotopic (exact) mass is 349 g/mol. The number of benzene rings is 2. The van der Waals surface area contributed by atoms with Crippen LogP contribution < -0.4 is 5.32 Å². The van der Waals surface area contributed by atoms with Gasteiger partial charge in [0, 0.05) is 18.9 Å². The lowest BCUT2D eigenvalue weighted by atomic mass is 10.1. The number of carbonyl (C=O) groups excluding carboxylic acids is 2. The first-order chi connectivity index (χ1) is 12.6. The summed E-state index contributed by atoms with van der Waals surface area (Å²) in [6, 6.07) is 14.8. The molecule has 0 aliphatic rings. The Morgan fingerprint density at radius 2 is 1.77 bits per heavy atom. The van der Waals surface area contributed by atoms with Gasteiger partial charge in [-0.1, -0.05) is 30.3 Å². The molecule has 0 unspecified atom stereocenters. The average Bonchev–Trinajstić information content (AvgIpc) is 2.68. The number of aromatic nitrogens is 2. The maximum absolute atomic E-state index is 12.2. The molecule has 0 saturated heterocycles. The number of hydrogen-bond donors (Lipinski definition) is 1. The number of hydrogen-bond acceptors (Lipinski definition) is 5. The van der Waals surface area contributed by atoms with E-state index in [2.05, 4.69) is 15.3 Å². The Kier molecular flexibility index (Phi) is 5.53. The molecule has 0 fully saturated rings. The molecule has 6 nitrogen and oxygen atoms in total. The Hall–Kier alpha value is -3.28. The lowest BCUT2D eigenvalue weighted by molar-refractivity contribution is -0.129. The van der Waals surface area contributed by atoms with Crippen molar-refractivity contribution in [1.29, 1.82) is 0 Å². The zero-order valence-electron chi connectivity index (χ0n) is 14.4. The number of nitrogens with zero attached hydrogens (tertiary/aromatic N) is 2. The Bertz CT molecular complexity index is 912. The molecule has 1 aromatic heterocycles. The summed E-state index contributed by atoms with van der Waals surface area (Å²) in [5.41, 5.74) is 2.76. The maximum Gasteiger partial charge on any atom is 0.338 e. The highest BCUT2D eigenvalue weighted by Gasteiger charge is 2.19. The van der Waals surface area contributed by atoms with Crippen LogP contribution in [0, 0.1) is 0 Å². The summed E-state index contributed by atoms with van der Waals surface area (Å²) < 4.78 is 5.25. The van der Waals surface area contributed by atoms with Gasteiger partial charge < -0.3 is 10.1 Å². The van der Waals surface area contributed by atoms with Crippen molar-refractivity contribution in [2.75, 3.05) is 6.54 Å². The second-order valence-corrected chi connectivity index (χ2v) is 5.83. The first kappa shape index (κ1) is 17.5. The fourth-order valence-electron chi connectivity index (χ4n) is 2.49. The summed E-state index contributed by atoms with van der Waals surface area (Å²) in [4.78, 5) is 32.7. The molecule has 0 bridgehead atoms. The maximum atomic E-state index is 12.2. The van der Waals surface area contributed by atoms with Crippen molar-refractivity contribution in [2.24, 2.45) is 0 Å². The quantitative estimate of drug-likeness (QED) is 0.692. The molecular formula is C20H19N3O3. The molecule has 2 aromatic carbocycles. The van der Waals surface area contributed by atoms with Gasteiger partial charge in [-0.05, 0) is 37.1 Å². The van der Waals surface area contributed by atoms with Gasteiger partial charge in [-0.25, -0.2) is 4.79 Å². The van der Waals surface area contributed by atoms with E-state index in [1.807, 2.05) is 30.3 Å². The van der Waals surface area contributed by atoms with Crippen molar-refractivity contribution in [3.05, 3.63) is 72.1 Å². The summed E-state index contributed by atoms with van der Waals surface area (Å²) in [7, 11) is 0. The second kappa shape index (κ2) is 8.20. The van der Waals surface area contributed by atoms with Gasteiger partial charge in [0.2, 0.25) is 0 Å². The highest BCUT2D eigenvalue weighted by molar-refractivity contribution is 5.95. The van der Waals surface area contributed by atoms with Crippen LogP contribution in [0.15, 0.2) is 60.9 Å². The lowest BCUT2D eigenvalue weighted by Gasteiger charge is -2.13. The number of ether oxygens (including phenoxy) is 1. The largest absolute Gasteiger partial charge is 0.449 e. The van der Waals surface area contributed by atoms with Crippen molar-refractivity contribution in [3.63, 3.8) is 0 Å². The molecule has 0 saturated carbocycles. The number of esters is 1. The summed E-state index contributed by atoms with van der Waals surface area (Å²) in [6.45, 7) is 2.03. The fraction of sp³-hybridized carbons (Fsp3) is 0.200. The summed E-state index contributed by atoms with van der Waals surface area (Å²) in [6.07, 6.45) is 2.98. The van der Waals surface area contributed by atoms with Crippen LogP contribution in [-0.4, -0.2) is 34.5 Å². The molecule has 0 aliphatic carbocycles. The molecule has 3 aromatic rings. The molecule has 0 spiro atoms. The van der Waals surface area contributed by atoms with Crippen molar-refractivity contribution >= 4 is 22.9 Å². The van der Waals surface area contributed by atoms with Crippen molar-refractivity contribution in [3.8, 4) is 0 Å². The standard InChI is InChI=1S/C20H19N3O3/c1-14(19(24)23-10-9-15-5-3-2-4-6-15)26-20(25)16-7-8-17-18(13-16)22-12-11-21-17/h2-8,11-14H,9-10H2,1H3,(H,23,24)/t14-/m1/s1. The molecule has 1 N–H and O–H groups in total. The molecule has 0 radical (unpaired) electrons. The van der Waals surface area contributed by atoms with Crippen LogP contribution in [0.25, 0.3) is 11.0 Å². The van der Waals surface area contributed by atoms with E-state index in [0.717, 1.165) is 12.0 Å². The highest BCUT2D eigenvalue weighted by atomic mass is 16.5. The van der Waals surface area contributed by atoms with Gasteiger partial charge in [0.25, 0.3) is 5.91 Å². The van der Waals surface area contributed by atoms with Crippen molar-refractivity contribution in [2.45, 2.75) is 19.4 Å². The third kappa shape index (κ3) is 4.42. The SMILES string of the molecule is C[C@@H](OC(=O)c1ccc2nccnc2c1)C(=O)NCCc1ccccc1. The van der Waals surface area contributed by atoms with Crippen LogP contribution in [0.1, 0.15) is 22.8 Å². The third-order valence-electron chi connectivity index (χ3n) is 3.91. The predicted octanol–water partition coefficient (Wildman–Crippen LogP) is 2.53. The van der Waals surface area contributed by atoms with Crippen LogP contribution in [-0.2, 0) is 16.0 Å². The van der Waals surface area contributed by atoms with Gasteiger partial charge in [0.05, 0.1) is 16.6 Å². The van der Waals surface area contributed by atoms with Gasteiger partial charge in [-0.15, -0.1) is 0 Å². The van der Waals surface area contributed by atoms with E-state index in [1.54, 1.807) is 37.5 Å². The number of rotatable bonds is 6. The van der Waals surface area contributed by atoms with Crippen LogP contribution in [0.4, 0.5) is 0 Å². The smallest absolute Gasteiger partial charge is 0.338 e. The molecule has 1 heterocycles. The molecule has 132 valence electrons. The van der Waals surface area contributed by atoms with E-state index in [9.17, 15) is 9.59 Å². The molecular weight excluding hydrogens is 330 g/mol. The minimum absolute atomic E-state index is 0.324. The molecule has 3 rings (SSSR count). The van der Waals surface area contributed by atoms with E-state index in [4.69, 9.17) is 4.74 Å². The predicted molar refractivity (Wildman–Crippen MR) is 97.6 cm³/mol. The minimum Gasteiger partial charge on any atom is -0.449 e. The van der Waals surface area contributed by atoms with Crippen molar-refractivity contribution < 1.29 is 14.3 Å². The normalized spacial score (nSPS) is 11.7. The highest BCUT2D eigenvalue weighted by Crippen LogP contribution is 2.12. The van der Waals surface area contributed by atoms with E-state index < -0.39 is 12.1 Å². The summed E-state index contributed by atoms with van der Waals surface area (Å²) >= 11 is 0. The zero-order chi connectivity index (χ0) is 18.4. The molecule has 1 atom stereocenters. The van der Waals surface area contributed by atoms with E-state index >= 15 is 0 Å². The van der Waals surface area contributed by atoms with Gasteiger partial charge in [-0.2, -0.15) is 0 Å². The van der Waals surface area contributed by atoms with Crippen LogP contribution in [0.3, 0.4) is 0 Å². The van der Waals surface area contributed by atoms with Gasteiger partial charge >= 0.3 is 5.97 Å². The topological polar surface area (TPSA) is 81.2 Å². The van der Waals surface area contributed by atoms with E-state index in [-0.39, 0.29) is 5.91 Å². The molecule has 1 amide bonds. The number of nitrogens with one attached hydrogen (secondary N) is 1. The number of carbonyl (C=O) groups is 2. The minimum atomic E-state index is -0.879. The Morgan fingerprint density at radius 3 is 2.54 bits per heavy atom. The Labute approximate surface area is 151 Å². The number of amides is 1. The third-order valence-corrected chi connectivity index (χ3v) is 3.91. The van der Waals surface area contributed by atoms with Crippen molar-refractivity contribution in [1.82, 2.24) is 15.3 Å². The number of fused-ring (bicyclic) bond motifs is 1. The van der Waals surface area contributed by atoms with Crippen LogP contribution >= 0.6 is 0 Å².